The maximum atomic E-state index is 12.1. The SMILES string of the molecule is CC(C)(C)OC(=O)n1ccc2cccc(CN)c21. The molecule has 0 atom stereocenters. The molecule has 0 aliphatic heterocycles. The molecule has 0 saturated carbocycles. The molecule has 0 amide bonds. The second-order valence-corrected chi connectivity index (χ2v) is 5.23. The summed E-state index contributed by atoms with van der Waals surface area (Å²) in [5.41, 5.74) is 6.96. The van der Waals surface area contributed by atoms with E-state index in [2.05, 4.69) is 0 Å². The molecule has 96 valence electrons. The number of nitrogens with zero attached hydrogens (tertiary/aromatic N) is 1. The molecule has 4 heteroatoms. The minimum absolute atomic E-state index is 0.376. The van der Waals surface area contributed by atoms with Crippen molar-refractivity contribution < 1.29 is 9.53 Å². The highest BCUT2D eigenvalue weighted by Gasteiger charge is 2.19. The molecule has 0 bridgehead atoms. The number of rotatable bonds is 1. The van der Waals surface area contributed by atoms with E-state index in [1.807, 2.05) is 45.0 Å². The van der Waals surface area contributed by atoms with E-state index in [0.29, 0.717) is 6.54 Å². The van der Waals surface area contributed by atoms with E-state index in [0.717, 1.165) is 16.5 Å². The Labute approximate surface area is 106 Å². The van der Waals surface area contributed by atoms with Crippen molar-refractivity contribution in [3.05, 3.63) is 36.0 Å². The van der Waals surface area contributed by atoms with Crippen LogP contribution in [0.5, 0.6) is 0 Å². The average molecular weight is 246 g/mol. The smallest absolute Gasteiger partial charge is 0.419 e. The summed E-state index contributed by atoms with van der Waals surface area (Å²) in [4.78, 5) is 12.1. The molecule has 0 aliphatic rings. The summed E-state index contributed by atoms with van der Waals surface area (Å²) < 4.78 is 6.89. The monoisotopic (exact) mass is 246 g/mol. The average Bonchev–Trinajstić information content (AvgIpc) is 2.70. The molecule has 0 saturated heterocycles. The third-order valence-electron chi connectivity index (χ3n) is 2.60. The van der Waals surface area contributed by atoms with Gasteiger partial charge in [-0.3, -0.25) is 4.57 Å². The van der Waals surface area contributed by atoms with E-state index < -0.39 is 5.60 Å². The van der Waals surface area contributed by atoms with Crippen molar-refractivity contribution in [3.63, 3.8) is 0 Å². The van der Waals surface area contributed by atoms with Crippen LogP contribution in [-0.2, 0) is 11.3 Å². The largest absolute Gasteiger partial charge is 0.443 e. The van der Waals surface area contributed by atoms with Gasteiger partial charge in [0.25, 0.3) is 0 Å². The molecule has 1 heterocycles. The fourth-order valence-corrected chi connectivity index (χ4v) is 1.90. The van der Waals surface area contributed by atoms with Gasteiger partial charge < -0.3 is 10.5 Å². The quantitative estimate of drug-likeness (QED) is 0.841. The van der Waals surface area contributed by atoms with Crippen LogP contribution >= 0.6 is 0 Å². The highest BCUT2D eigenvalue weighted by Crippen LogP contribution is 2.21. The molecule has 0 radical (unpaired) electrons. The lowest BCUT2D eigenvalue weighted by Gasteiger charge is -2.20. The molecule has 1 aromatic heterocycles. The van der Waals surface area contributed by atoms with Gasteiger partial charge in [-0.25, -0.2) is 4.79 Å². The van der Waals surface area contributed by atoms with Crippen molar-refractivity contribution in [3.8, 4) is 0 Å². The Morgan fingerprint density at radius 1 is 1.33 bits per heavy atom. The molecule has 2 rings (SSSR count). The van der Waals surface area contributed by atoms with Crippen molar-refractivity contribution >= 4 is 17.0 Å². The van der Waals surface area contributed by atoms with Crippen LogP contribution in [0.1, 0.15) is 26.3 Å². The lowest BCUT2D eigenvalue weighted by molar-refractivity contribution is 0.0544. The molecular formula is C14H18N2O2. The minimum atomic E-state index is -0.509. The van der Waals surface area contributed by atoms with Crippen LogP contribution in [0.25, 0.3) is 10.9 Å². The third kappa shape index (κ3) is 2.38. The highest BCUT2D eigenvalue weighted by molar-refractivity contribution is 5.91. The zero-order valence-electron chi connectivity index (χ0n) is 10.9. The summed E-state index contributed by atoms with van der Waals surface area (Å²) in [6.45, 7) is 5.94. The number of nitrogens with two attached hydrogens (primary N) is 1. The number of hydrogen-bond acceptors (Lipinski definition) is 3. The Morgan fingerprint density at radius 2 is 2.06 bits per heavy atom. The summed E-state index contributed by atoms with van der Waals surface area (Å²) in [5.74, 6) is 0. The topological polar surface area (TPSA) is 57.2 Å². The van der Waals surface area contributed by atoms with Crippen molar-refractivity contribution in [2.75, 3.05) is 0 Å². The van der Waals surface area contributed by atoms with E-state index in [1.54, 1.807) is 6.20 Å². The first kappa shape index (κ1) is 12.6. The predicted molar refractivity (Wildman–Crippen MR) is 71.5 cm³/mol. The van der Waals surface area contributed by atoms with Gasteiger partial charge in [-0.05, 0) is 32.4 Å². The Balaban J connectivity index is 2.48. The van der Waals surface area contributed by atoms with E-state index in [4.69, 9.17) is 10.5 Å². The number of aromatic nitrogens is 1. The zero-order chi connectivity index (χ0) is 13.3. The number of carbonyl (C=O) groups excluding carboxylic acids is 1. The van der Waals surface area contributed by atoms with Gasteiger partial charge in [0.1, 0.15) is 5.60 Å². The second-order valence-electron chi connectivity index (χ2n) is 5.23. The van der Waals surface area contributed by atoms with Crippen LogP contribution in [0.3, 0.4) is 0 Å². The first-order chi connectivity index (χ1) is 8.42. The van der Waals surface area contributed by atoms with Crippen LogP contribution < -0.4 is 5.73 Å². The van der Waals surface area contributed by atoms with E-state index in [-0.39, 0.29) is 6.09 Å². The van der Waals surface area contributed by atoms with Crippen LogP contribution in [0.15, 0.2) is 30.5 Å². The van der Waals surface area contributed by atoms with Crippen LogP contribution in [-0.4, -0.2) is 16.3 Å². The Morgan fingerprint density at radius 3 is 2.67 bits per heavy atom. The van der Waals surface area contributed by atoms with E-state index in [9.17, 15) is 4.79 Å². The summed E-state index contributed by atoms with van der Waals surface area (Å²) in [7, 11) is 0. The second kappa shape index (κ2) is 4.46. The van der Waals surface area contributed by atoms with Crippen molar-refractivity contribution in [2.45, 2.75) is 32.9 Å². The van der Waals surface area contributed by atoms with Crippen molar-refractivity contribution in [1.82, 2.24) is 4.57 Å². The molecule has 2 aromatic rings. The van der Waals surface area contributed by atoms with Crippen LogP contribution in [0, 0.1) is 0 Å². The normalized spacial score (nSPS) is 11.8. The first-order valence-corrected chi connectivity index (χ1v) is 5.95. The number of ether oxygens (including phenoxy) is 1. The van der Waals surface area contributed by atoms with Gasteiger partial charge in [0, 0.05) is 18.1 Å². The Bertz CT molecular complexity index is 579. The highest BCUT2D eigenvalue weighted by atomic mass is 16.6. The van der Waals surface area contributed by atoms with Gasteiger partial charge >= 0.3 is 6.09 Å². The fraction of sp³-hybridized carbons (Fsp3) is 0.357. The molecular weight excluding hydrogens is 228 g/mol. The molecule has 0 spiro atoms. The predicted octanol–water partition coefficient (Wildman–Crippen LogP) is 2.88. The van der Waals surface area contributed by atoms with E-state index >= 15 is 0 Å². The number of para-hydroxylation sites is 1. The lowest BCUT2D eigenvalue weighted by Crippen LogP contribution is -2.27. The van der Waals surface area contributed by atoms with Crippen LogP contribution in [0.4, 0.5) is 4.79 Å². The molecule has 0 unspecified atom stereocenters. The Kier molecular flexibility index (Phi) is 3.13. The lowest BCUT2D eigenvalue weighted by atomic mass is 10.1. The molecule has 2 N–H and O–H groups in total. The minimum Gasteiger partial charge on any atom is -0.443 e. The third-order valence-corrected chi connectivity index (χ3v) is 2.60. The fourth-order valence-electron chi connectivity index (χ4n) is 1.90. The van der Waals surface area contributed by atoms with Crippen molar-refractivity contribution in [2.24, 2.45) is 5.73 Å². The molecule has 4 nitrogen and oxygen atoms in total. The Hall–Kier alpha value is -1.81. The van der Waals surface area contributed by atoms with Crippen LogP contribution in [0.2, 0.25) is 0 Å². The summed E-state index contributed by atoms with van der Waals surface area (Å²) in [6.07, 6.45) is 1.34. The van der Waals surface area contributed by atoms with Gasteiger partial charge in [-0.1, -0.05) is 18.2 Å². The van der Waals surface area contributed by atoms with Gasteiger partial charge in [0.05, 0.1) is 5.52 Å². The molecule has 0 aliphatic carbocycles. The maximum absolute atomic E-state index is 12.1. The van der Waals surface area contributed by atoms with E-state index in [1.165, 1.54) is 4.57 Å². The van der Waals surface area contributed by atoms with Crippen molar-refractivity contribution in [1.29, 1.82) is 0 Å². The molecule has 18 heavy (non-hydrogen) atoms. The number of hydrogen-bond donors (Lipinski definition) is 1. The molecule has 0 fully saturated rings. The standard InChI is InChI=1S/C14H18N2O2/c1-14(2,3)18-13(17)16-8-7-10-5-4-6-11(9-15)12(10)16/h4-8H,9,15H2,1-3H3. The number of benzene rings is 1. The molecule has 1 aromatic carbocycles. The first-order valence-electron chi connectivity index (χ1n) is 5.95. The summed E-state index contributed by atoms with van der Waals surface area (Å²) in [6, 6.07) is 7.70. The van der Waals surface area contributed by atoms with Gasteiger partial charge in [-0.15, -0.1) is 0 Å². The zero-order valence-corrected chi connectivity index (χ0v) is 10.9. The van der Waals surface area contributed by atoms with Gasteiger partial charge in [0.15, 0.2) is 0 Å². The maximum Gasteiger partial charge on any atom is 0.419 e. The van der Waals surface area contributed by atoms with Gasteiger partial charge in [0.2, 0.25) is 0 Å². The summed E-state index contributed by atoms with van der Waals surface area (Å²) in [5, 5.41) is 0.990. The number of carbonyl (C=O) groups is 1. The van der Waals surface area contributed by atoms with Gasteiger partial charge in [-0.2, -0.15) is 0 Å². The number of fused-ring (bicyclic) bond motifs is 1. The summed E-state index contributed by atoms with van der Waals surface area (Å²) >= 11 is 0.